The summed E-state index contributed by atoms with van der Waals surface area (Å²) in [6.07, 6.45) is 4.93. The first-order chi connectivity index (χ1) is 12.2. The number of benzene rings is 2. The van der Waals surface area contributed by atoms with Gasteiger partial charge in [0.2, 0.25) is 5.91 Å². The summed E-state index contributed by atoms with van der Waals surface area (Å²) in [5.74, 6) is 0.988. The van der Waals surface area contributed by atoms with Gasteiger partial charge in [-0.05, 0) is 42.2 Å². The second-order valence-electron chi connectivity index (χ2n) is 6.24. The number of carbonyl (C=O) groups excluding carboxylic acids is 1. The van der Waals surface area contributed by atoms with E-state index in [1.165, 1.54) is 5.56 Å². The lowest BCUT2D eigenvalue weighted by Crippen LogP contribution is -2.35. The molecule has 1 heterocycles. The van der Waals surface area contributed by atoms with Crippen LogP contribution in [0.2, 0.25) is 0 Å². The molecule has 0 aromatic heterocycles. The fraction of sp³-hybridized carbons (Fsp3) is 0.286. The Kier molecular flexibility index (Phi) is 5.86. The Morgan fingerprint density at radius 3 is 2.80 bits per heavy atom. The minimum atomic E-state index is -0.0700. The van der Waals surface area contributed by atoms with Crippen molar-refractivity contribution in [1.29, 1.82) is 0 Å². The van der Waals surface area contributed by atoms with Gasteiger partial charge < -0.3 is 15.4 Å². The minimum Gasteiger partial charge on any atom is -0.489 e. The Bertz CT molecular complexity index is 741. The Morgan fingerprint density at radius 2 is 2.08 bits per heavy atom. The van der Waals surface area contributed by atoms with Crippen LogP contribution in [0.15, 0.2) is 54.6 Å². The number of ether oxygens (including phenoxy) is 1. The molecule has 1 fully saturated rings. The molecule has 0 spiro atoms. The molecule has 4 heteroatoms. The van der Waals surface area contributed by atoms with E-state index in [0.29, 0.717) is 13.2 Å². The number of carbonyl (C=O) groups is 1. The molecule has 1 atom stereocenters. The molecule has 1 saturated heterocycles. The normalized spacial score (nSPS) is 17.0. The first-order valence-electron chi connectivity index (χ1n) is 8.67. The van der Waals surface area contributed by atoms with Crippen LogP contribution in [0.1, 0.15) is 23.1 Å². The molecule has 25 heavy (non-hydrogen) atoms. The van der Waals surface area contributed by atoms with Crippen molar-refractivity contribution < 1.29 is 9.53 Å². The van der Waals surface area contributed by atoms with E-state index in [1.54, 1.807) is 0 Å². The first kappa shape index (κ1) is 17.2. The fourth-order valence-corrected chi connectivity index (χ4v) is 2.90. The van der Waals surface area contributed by atoms with Crippen LogP contribution in [-0.2, 0) is 11.3 Å². The zero-order valence-electron chi connectivity index (χ0n) is 14.5. The monoisotopic (exact) mass is 336 g/mol. The van der Waals surface area contributed by atoms with Crippen LogP contribution >= 0.6 is 0 Å². The van der Waals surface area contributed by atoms with Crippen LogP contribution < -0.4 is 15.4 Å². The zero-order valence-corrected chi connectivity index (χ0v) is 14.5. The molecule has 1 amide bonds. The Labute approximate surface area is 148 Å². The molecule has 0 saturated carbocycles. The molecule has 0 aliphatic carbocycles. The Morgan fingerprint density at radius 1 is 1.24 bits per heavy atom. The van der Waals surface area contributed by atoms with Crippen molar-refractivity contribution in [3.63, 3.8) is 0 Å². The maximum Gasteiger partial charge on any atom is 0.237 e. The summed E-state index contributed by atoms with van der Waals surface area (Å²) >= 11 is 0. The third-order valence-corrected chi connectivity index (χ3v) is 4.29. The Balaban J connectivity index is 1.49. The molecule has 130 valence electrons. The molecule has 1 aliphatic rings. The van der Waals surface area contributed by atoms with E-state index in [4.69, 9.17) is 4.74 Å². The highest BCUT2D eigenvalue weighted by molar-refractivity contribution is 5.83. The molecular weight excluding hydrogens is 312 g/mol. The summed E-state index contributed by atoms with van der Waals surface area (Å²) in [5.41, 5.74) is 3.42. The van der Waals surface area contributed by atoms with E-state index in [-0.39, 0.29) is 11.9 Å². The van der Waals surface area contributed by atoms with Crippen LogP contribution in [0.4, 0.5) is 0 Å². The lowest BCUT2D eigenvalue weighted by Gasteiger charge is -2.12. The maximum absolute atomic E-state index is 11.6. The number of rotatable bonds is 7. The Hall–Kier alpha value is -2.59. The van der Waals surface area contributed by atoms with Gasteiger partial charge in [-0.1, -0.05) is 48.5 Å². The summed E-state index contributed by atoms with van der Waals surface area (Å²) < 4.78 is 5.84. The van der Waals surface area contributed by atoms with Gasteiger partial charge in [0.1, 0.15) is 12.4 Å². The SMILES string of the molecule is Cc1cc(CNC2CCNC2=O)ccc1OCC=Cc1ccccc1. The fourth-order valence-electron chi connectivity index (χ4n) is 2.90. The number of hydrogen-bond donors (Lipinski definition) is 2. The van der Waals surface area contributed by atoms with Crippen molar-refractivity contribution in [2.24, 2.45) is 0 Å². The van der Waals surface area contributed by atoms with E-state index >= 15 is 0 Å². The molecule has 4 nitrogen and oxygen atoms in total. The van der Waals surface area contributed by atoms with E-state index in [0.717, 1.165) is 29.8 Å². The molecule has 0 bridgehead atoms. The molecular formula is C21H24N2O2. The van der Waals surface area contributed by atoms with Gasteiger partial charge in [-0.2, -0.15) is 0 Å². The molecule has 2 aromatic rings. The highest BCUT2D eigenvalue weighted by Gasteiger charge is 2.22. The number of aryl methyl sites for hydroxylation is 1. The van der Waals surface area contributed by atoms with Crippen molar-refractivity contribution in [2.75, 3.05) is 13.2 Å². The van der Waals surface area contributed by atoms with Crippen LogP contribution in [0.3, 0.4) is 0 Å². The average Bonchev–Trinajstić information content (AvgIpc) is 3.04. The van der Waals surface area contributed by atoms with Crippen molar-refractivity contribution in [1.82, 2.24) is 10.6 Å². The predicted molar refractivity (Wildman–Crippen MR) is 100 cm³/mol. The predicted octanol–water partition coefficient (Wildman–Crippen LogP) is 3.07. The van der Waals surface area contributed by atoms with Crippen molar-refractivity contribution in [3.8, 4) is 5.75 Å². The van der Waals surface area contributed by atoms with Gasteiger partial charge >= 0.3 is 0 Å². The second-order valence-corrected chi connectivity index (χ2v) is 6.24. The standard InChI is InChI=1S/C21H24N2O2/c1-16-14-18(15-23-19-11-12-22-21(19)24)9-10-20(16)25-13-5-8-17-6-3-2-4-7-17/h2-10,14,19,23H,11-13,15H2,1H3,(H,22,24). The van der Waals surface area contributed by atoms with E-state index in [2.05, 4.69) is 34.9 Å². The van der Waals surface area contributed by atoms with Crippen molar-refractivity contribution >= 4 is 12.0 Å². The van der Waals surface area contributed by atoms with Gasteiger partial charge in [-0.3, -0.25) is 4.79 Å². The van der Waals surface area contributed by atoms with Crippen LogP contribution in [-0.4, -0.2) is 25.1 Å². The zero-order chi connectivity index (χ0) is 17.5. The highest BCUT2D eigenvalue weighted by atomic mass is 16.5. The van der Waals surface area contributed by atoms with Crippen LogP contribution in [0, 0.1) is 6.92 Å². The van der Waals surface area contributed by atoms with E-state index < -0.39 is 0 Å². The molecule has 3 rings (SSSR count). The summed E-state index contributed by atoms with van der Waals surface area (Å²) in [6.45, 7) is 4.03. The van der Waals surface area contributed by atoms with Crippen molar-refractivity contribution in [3.05, 3.63) is 71.3 Å². The van der Waals surface area contributed by atoms with Crippen LogP contribution in [0.25, 0.3) is 6.08 Å². The first-order valence-corrected chi connectivity index (χ1v) is 8.67. The maximum atomic E-state index is 11.6. The van der Waals surface area contributed by atoms with E-state index in [1.807, 2.05) is 43.3 Å². The third kappa shape index (κ3) is 4.94. The number of nitrogens with one attached hydrogen (secondary N) is 2. The smallest absolute Gasteiger partial charge is 0.237 e. The van der Waals surface area contributed by atoms with Crippen LogP contribution in [0.5, 0.6) is 5.75 Å². The molecule has 1 unspecified atom stereocenters. The van der Waals surface area contributed by atoms with Gasteiger partial charge in [-0.15, -0.1) is 0 Å². The minimum absolute atomic E-state index is 0.0700. The summed E-state index contributed by atoms with van der Waals surface area (Å²) in [4.78, 5) is 11.6. The number of amides is 1. The lowest BCUT2D eigenvalue weighted by atomic mass is 10.1. The van der Waals surface area contributed by atoms with Gasteiger partial charge in [0.25, 0.3) is 0 Å². The largest absolute Gasteiger partial charge is 0.489 e. The quantitative estimate of drug-likeness (QED) is 0.817. The second kappa shape index (κ2) is 8.49. The van der Waals surface area contributed by atoms with Gasteiger partial charge in [0, 0.05) is 13.1 Å². The van der Waals surface area contributed by atoms with Gasteiger partial charge in [-0.25, -0.2) is 0 Å². The summed E-state index contributed by atoms with van der Waals surface area (Å²) in [7, 11) is 0. The van der Waals surface area contributed by atoms with Gasteiger partial charge in [0.05, 0.1) is 6.04 Å². The molecule has 2 aromatic carbocycles. The molecule has 2 N–H and O–H groups in total. The molecule has 1 aliphatic heterocycles. The number of hydrogen-bond acceptors (Lipinski definition) is 3. The van der Waals surface area contributed by atoms with E-state index in [9.17, 15) is 4.79 Å². The third-order valence-electron chi connectivity index (χ3n) is 4.29. The summed E-state index contributed by atoms with van der Waals surface area (Å²) in [6, 6.07) is 16.3. The van der Waals surface area contributed by atoms with Crippen molar-refractivity contribution in [2.45, 2.75) is 25.9 Å². The average molecular weight is 336 g/mol. The molecule has 0 radical (unpaired) electrons. The van der Waals surface area contributed by atoms with Gasteiger partial charge in [0.15, 0.2) is 0 Å². The topological polar surface area (TPSA) is 50.4 Å². The highest BCUT2D eigenvalue weighted by Crippen LogP contribution is 2.19. The lowest BCUT2D eigenvalue weighted by molar-refractivity contribution is -0.120. The summed E-state index contributed by atoms with van der Waals surface area (Å²) in [5, 5.41) is 6.14.